The van der Waals surface area contributed by atoms with E-state index in [0.29, 0.717) is 67.7 Å². The molecule has 0 saturated heterocycles. The standard InChI is InChI=1S/C41H42N4O5/c1-26-17-35-36(43-23-33-19-28-8-4-6-10-31(28)25-45(33)41(35)47)22-37(26)49-15-13-42-14-16-50-39-20-29-11-12-32-18-27-7-3-5-9-30(27)24-44(32)40(46)34(29)21-38(39)48-2/h3-10,17,20-23,32-33,42H,11-16,18-19,24-25H2,1-2H3/t32-,33+/m1/s1. The molecule has 0 radical (unpaired) electrons. The third-order valence-corrected chi connectivity index (χ3v) is 10.5. The smallest absolute Gasteiger partial charge is 0.256 e. The Kier molecular flexibility index (Phi) is 8.75. The van der Waals surface area contributed by atoms with Gasteiger partial charge >= 0.3 is 0 Å². The Hall–Kier alpha value is -5.15. The molecule has 0 fully saturated rings. The van der Waals surface area contributed by atoms with Gasteiger partial charge in [0.2, 0.25) is 0 Å². The molecule has 9 nitrogen and oxygen atoms in total. The molecule has 0 saturated carbocycles. The monoisotopic (exact) mass is 670 g/mol. The van der Waals surface area contributed by atoms with Crippen LogP contribution in [-0.2, 0) is 32.4 Å². The van der Waals surface area contributed by atoms with Gasteiger partial charge < -0.3 is 29.3 Å². The molecular weight excluding hydrogens is 628 g/mol. The normalized spacial score (nSPS) is 18.8. The maximum Gasteiger partial charge on any atom is 0.256 e. The second kappa shape index (κ2) is 13.6. The topological polar surface area (TPSA) is 92.7 Å². The number of nitrogens with one attached hydrogen (secondary N) is 1. The number of hydrogen-bond donors (Lipinski definition) is 1. The summed E-state index contributed by atoms with van der Waals surface area (Å²) in [5, 5.41) is 3.38. The molecule has 8 rings (SSSR count). The van der Waals surface area contributed by atoms with E-state index in [1.54, 1.807) is 7.11 Å². The van der Waals surface area contributed by atoms with Gasteiger partial charge in [-0.15, -0.1) is 0 Å². The number of aryl methyl sites for hydroxylation is 2. The third kappa shape index (κ3) is 6.11. The third-order valence-electron chi connectivity index (χ3n) is 10.5. The predicted octanol–water partition coefficient (Wildman–Crippen LogP) is 5.85. The Balaban J connectivity index is 0.845. The fourth-order valence-electron chi connectivity index (χ4n) is 7.77. The maximum absolute atomic E-state index is 13.7. The van der Waals surface area contributed by atoms with Crippen LogP contribution in [0.15, 0.2) is 77.8 Å². The summed E-state index contributed by atoms with van der Waals surface area (Å²) in [6.07, 6.45) is 5.29. The zero-order valence-electron chi connectivity index (χ0n) is 28.6. The van der Waals surface area contributed by atoms with Gasteiger partial charge in [-0.2, -0.15) is 0 Å². The minimum atomic E-state index is -0.0602. The summed E-state index contributed by atoms with van der Waals surface area (Å²) in [7, 11) is 1.61. The highest BCUT2D eigenvalue weighted by Gasteiger charge is 2.35. The molecule has 4 aliphatic rings. The van der Waals surface area contributed by atoms with Gasteiger partial charge in [-0.1, -0.05) is 48.5 Å². The van der Waals surface area contributed by atoms with Crippen molar-refractivity contribution < 1.29 is 23.8 Å². The van der Waals surface area contributed by atoms with Crippen molar-refractivity contribution in [1.82, 2.24) is 15.1 Å². The fourth-order valence-corrected chi connectivity index (χ4v) is 7.77. The second-order valence-corrected chi connectivity index (χ2v) is 13.6. The second-order valence-electron chi connectivity index (χ2n) is 13.6. The van der Waals surface area contributed by atoms with E-state index in [1.807, 2.05) is 65.4 Å². The van der Waals surface area contributed by atoms with Crippen LogP contribution in [0, 0.1) is 6.92 Å². The number of rotatable bonds is 9. The van der Waals surface area contributed by atoms with E-state index in [1.165, 1.54) is 22.3 Å². The summed E-state index contributed by atoms with van der Waals surface area (Å²) in [6.45, 7) is 5.31. The molecule has 256 valence electrons. The molecule has 9 heteroatoms. The van der Waals surface area contributed by atoms with Crippen LogP contribution in [0.25, 0.3) is 0 Å². The Morgan fingerprint density at radius 1 is 0.740 bits per heavy atom. The summed E-state index contributed by atoms with van der Waals surface area (Å²) in [6, 6.07) is 24.5. The van der Waals surface area contributed by atoms with Crippen LogP contribution in [0.3, 0.4) is 0 Å². The molecule has 0 unspecified atom stereocenters. The van der Waals surface area contributed by atoms with Gasteiger partial charge in [-0.3, -0.25) is 14.6 Å². The maximum atomic E-state index is 13.7. The number of carbonyl (C=O) groups excluding carboxylic acids is 2. The number of methoxy groups -OCH3 is 1. The van der Waals surface area contributed by atoms with Crippen molar-refractivity contribution in [3.05, 3.63) is 117 Å². The molecule has 0 aromatic heterocycles. The van der Waals surface area contributed by atoms with E-state index in [0.717, 1.165) is 42.6 Å². The average Bonchev–Trinajstić information content (AvgIpc) is 3.35. The van der Waals surface area contributed by atoms with Crippen LogP contribution in [0.1, 0.15) is 60.5 Å². The number of carbonyl (C=O) groups is 2. The van der Waals surface area contributed by atoms with Gasteiger partial charge in [0.1, 0.15) is 19.0 Å². The molecule has 4 heterocycles. The summed E-state index contributed by atoms with van der Waals surface area (Å²) < 4.78 is 18.0. The molecule has 0 spiro atoms. The van der Waals surface area contributed by atoms with Crippen molar-refractivity contribution in [2.45, 2.75) is 57.8 Å². The summed E-state index contributed by atoms with van der Waals surface area (Å²) in [5.41, 5.74) is 8.91. The lowest BCUT2D eigenvalue weighted by Crippen LogP contribution is -2.44. The Morgan fingerprint density at radius 2 is 1.40 bits per heavy atom. The number of hydrogen-bond acceptors (Lipinski definition) is 7. The van der Waals surface area contributed by atoms with Crippen molar-refractivity contribution >= 4 is 23.7 Å². The zero-order chi connectivity index (χ0) is 34.2. The van der Waals surface area contributed by atoms with Gasteiger partial charge in [0.15, 0.2) is 11.5 Å². The van der Waals surface area contributed by atoms with Crippen LogP contribution >= 0.6 is 0 Å². The van der Waals surface area contributed by atoms with Gasteiger partial charge in [0.25, 0.3) is 11.8 Å². The van der Waals surface area contributed by atoms with E-state index in [9.17, 15) is 9.59 Å². The number of aliphatic imine (C=N–C) groups is 1. The lowest BCUT2D eigenvalue weighted by molar-refractivity contribution is 0.0641. The minimum absolute atomic E-state index is 0.00722. The number of nitrogens with zero attached hydrogens (tertiary/aromatic N) is 3. The molecule has 2 atom stereocenters. The van der Waals surface area contributed by atoms with Gasteiger partial charge in [0.05, 0.1) is 24.4 Å². The summed E-state index contributed by atoms with van der Waals surface area (Å²) >= 11 is 0. The minimum Gasteiger partial charge on any atom is -0.493 e. The first-order valence-electron chi connectivity index (χ1n) is 17.6. The SMILES string of the molecule is COc1cc2c(cc1OCCNCCOc1cc3c(cc1C)C(=O)N1Cc4ccccc4C[C@H]1C=N3)CC[C@@H]1Cc3ccccc3CN1C2=O. The first-order valence-corrected chi connectivity index (χ1v) is 17.6. The Bertz CT molecular complexity index is 1990. The van der Waals surface area contributed by atoms with Gasteiger partial charge in [-0.25, -0.2) is 0 Å². The number of fused-ring (bicyclic) bond motifs is 6. The summed E-state index contributed by atoms with van der Waals surface area (Å²) in [5.74, 6) is 2.01. The van der Waals surface area contributed by atoms with Crippen molar-refractivity contribution in [3.63, 3.8) is 0 Å². The van der Waals surface area contributed by atoms with Crippen LogP contribution in [0.2, 0.25) is 0 Å². The van der Waals surface area contributed by atoms with E-state index in [4.69, 9.17) is 19.2 Å². The van der Waals surface area contributed by atoms with Crippen molar-refractivity contribution in [2.24, 2.45) is 4.99 Å². The molecule has 50 heavy (non-hydrogen) atoms. The number of amides is 2. The van der Waals surface area contributed by atoms with E-state index >= 15 is 0 Å². The predicted molar refractivity (Wildman–Crippen MR) is 192 cm³/mol. The number of benzene rings is 4. The molecule has 0 bridgehead atoms. The lowest BCUT2D eigenvalue weighted by Gasteiger charge is -2.35. The van der Waals surface area contributed by atoms with Gasteiger partial charge in [0, 0.05) is 50.1 Å². The van der Waals surface area contributed by atoms with Crippen molar-refractivity contribution in [1.29, 1.82) is 0 Å². The van der Waals surface area contributed by atoms with Crippen LogP contribution in [0.4, 0.5) is 5.69 Å². The highest BCUT2D eigenvalue weighted by Crippen LogP contribution is 2.38. The molecule has 4 aromatic carbocycles. The van der Waals surface area contributed by atoms with Crippen molar-refractivity contribution in [3.8, 4) is 17.2 Å². The Labute approximate surface area is 292 Å². The van der Waals surface area contributed by atoms with E-state index in [-0.39, 0.29) is 23.9 Å². The quantitative estimate of drug-likeness (QED) is 0.225. The largest absolute Gasteiger partial charge is 0.493 e. The van der Waals surface area contributed by atoms with Crippen LogP contribution < -0.4 is 19.5 Å². The van der Waals surface area contributed by atoms with Crippen molar-refractivity contribution in [2.75, 3.05) is 33.4 Å². The van der Waals surface area contributed by atoms with Crippen LogP contribution in [0.5, 0.6) is 17.2 Å². The fraction of sp³-hybridized carbons (Fsp3) is 0.341. The molecule has 0 aliphatic carbocycles. The number of ether oxygens (including phenoxy) is 3. The van der Waals surface area contributed by atoms with E-state index < -0.39 is 0 Å². The molecule has 4 aromatic rings. The molecule has 4 aliphatic heterocycles. The van der Waals surface area contributed by atoms with Gasteiger partial charge in [-0.05, 0) is 84.2 Å². The first kappa shape index (κ1) is 32.1. The first-order chi connectivity index (χ1) is 24.5. The Morgan fingerprint density at radius 3 is 2.14 bits per heavy atom. The van der Waals surface area contributed by atoms with Crippen LogP contribution in [-0.4, -0.2) is 73.3 Å². The molecule has 1 N–H and O–H groups in total. The average molecular weight is 671 g/mol. The zero-order valence-corrected chi connectivity index (χ0v) is 28.6. The highest BCUT2D eigenvalue weighted by atomic mass is 16.5. The lowest BCUT2D eigenvalue weighted by atomic mass is 9.92. The molecular formula is C41H42N4O5. The molecule has 2 amide bonds. The van der Waals surface area contributed by atoms with E-state index in [2.05, 4.69) is 35.6 Å². The highest BCUT2D eigenvalue weighted by molar-refractivity contribution is 6.03. The summed E-state index contributed by atoms with van der Waals surface area (Å²) in [4.78, 5) is 36.0.